The molecule has 7 nitrogen and oxygen atoms in total. The van der Waals surface area contributed by atoms with E-state index in [4.69, 9.17) is 11.6 Å². The van der Waals surface area contributed by atoms with Gasteiger partial charge >= 0.3 is 0 Å². The molecule has 2 heterocycles. The van der Waals surface area contributed by atoms with Crippen molar-refractivity contribution >= 4 is 40.3 Å². The Morgan fingerprint density at radius 1 is 1.29 bits per heavy atom. The predicted molar refractivity (Wildman–Crippen MR) is 78.0 cm³/mol. The lowest BCUT2D eigenvalue weighted by atomic mass is 10.2. The summed E-state index contributed by atoms with van der Waals surface area (Å²) in [4.78, 5) is 31.6. The number of para-hydroxylation sites is 2. The molecular formula is C13H12ClN5O2. The molecule has 3 N–H and O–H groups in total. The largest absolute Gasteiger partial charge is 0.353 e. The topological polar surface area (TPSA) is 96.0 Å². The van der Waals surface area contributed by atoms with Crippen molar-refractivity contribution in [3.63, 3.8) is 0 Å². The van der Waals surface area contributed by atoms with Crippen molar-refractivity contribution in [3.8, 4) is 0 Å². The van der Waals surface area contributed by atoms with E-state index in [1.807, 2.05) is 12.1 Å². The molecule has 0 aliphatic carbocycles. The zero-order valence-corrected chi connectivity index (χ0v) is 11.6. The van der Waals surface area contributed by atoms with E-state index in [9.17, 15) is 9.59 Å². The minimum absolute atomic E-state index is 0.106. The number of hydrogen-bond acceptors (Lipinski definition) is 5. The molecule has 1 aromatic carbocycles. The molecule has 2 aromatic rings. The van der Waals surface area contributed by atoms with Gasteiger partial charge in [-0.3, -0.25) is 14.9 Å². The van der Waals surface area contributed by atoms with Crippen molar-refractivity contribution in [3.05, 3.63) is 29.4 Å². The van der Waals surface area contributed by atoms with Gasteiger partial charge < -0.3 is 10.6 Å². The van der Waals surface area contributed by atoms with E-state index in [0.717, 1.165) is 0 Å². The highest BCUT2D eigenvalue weighted by atomic mass is 35.5. The molecule has 1 atom stereocenters. The van der Waals surface area contributed by atoms with Gasteiger partial charge in [-0.15, -0.1) is 0 Å². The van der Waals surface area contributed by atoms with Crippen LogP contribution in [0.2, 0.25) is 5.15 Å². The Morgan fingerprint density at radius 3 is 2.67 bits per heavy atom. The Hall–Kier alpha value is -2.25. The molecule has 0 spiro atoms. The molecule has 0 radical (unpaired) electrons. The highest BCUT2D eigenvalue weighted by Gasteiger charge is 2.24. The van der Waals surface area contributed by atoms with Crippen LogP contribution in [0.4, 0.5) is 5.82 Å². The predicted octanol–water partition coefficient (Wildman–Crippen LogP) is 0.310. The van der Waals surface area contributed by atoms with Crippen LogP contribution in [0.5, 0.6) is 0 Å². The molecule has 0 saturated carbocycles. The Bertz CT molecular complexity index is 711. The maximum atomic E-state index is 12.1. The van der Waals surface area contributed by atoms with Gasteiger partial charge in [-0.05, 0) is 12.1 Å². The molecule has 1 aliphatic rings. The molecule has 108 valence electrons. The maximum absolute atomic E-state index is 12.1. The number of hydrogen-bond donors (Lipinski definition) is 3. The summed E-state index contributed by atoms with van der Waals surface area (Å²) in [6.45, 7) is 0.332. The van der Waals surface area contributed by atoms with E-state index in [-0.39, 0.29) is 35.9 Å². The van der Waals surface area contributed by atoms with Gasteiger partial charge in [-0.1, -0.05) is 23.7 Å². The Balaban J connectivity index is 1.79. The van der Waals surface area contributed by atoms with E-state index in [0.29, 0.717) is 11.0 Å². The van der Waals surface area contributed by atoms with Crippen LogP contribution >= 0.6 is 11.6 Å². The molecule has 3 rings (SSSR count). The number of rotatable bonds is 2. The van der Waals surface area contributed by atoms with Gasteiger partial charge in [0.25, 0.3) is 0 Å². The Labute approximate surface area is 125 Å². The van der Waals surface area contributed by atoms with Crippen LogP contribution in [0.15, 0.2) is 24.3 Å². The minimum Gasteiger partial charge on any atom is -0.353 e. The monoisotopic (exact) mass is 305 g/mol. The number of nitrogens with zero attached hydrogens (tertiary/aromatic N) is 2. The van der Waals surface area contributed by atoms with Crippen LogP contribution in [-0.2, 0) is 9.59 Å². The van der Waals surface area contributed by atoms with Crippen molar-refractivity contribution in [2.45, 2.75) is 6.04 Å². The van der Waals surface area contributed by atoms with Crippen LogP contribution in [0.1, 0.15) is 0 Å². The zero-order valence-electron chi connectivity index (χ0n) is 10.9. The normalized spacial score (nSPS) is 18.3. The van der Waals surface area contributed by atoms with Crippen molar-refractivity contribution in [1.29, 1.82) is 0 Å². The molecule has 0 bridgehead atoms. The van der Waals surface area contributed by atoms with E-state index in [1.165, 1.54) is 0 Å². The summed E-state index contributed by atoms with van der Waals surface area (Å²) in [5.74, 6) is -0.247. The summed E-state index contributed by atoms with van der Waals surface area (Å²) in [6.07, 6.45) is 0. The second kappa shape index (κ2) is 5.63. The first kappa shape index (κ1) is 13.7. The first-order valence-electron chi connectivity index (χ1n) is 6.37. The number of anilines is 1. The van der Waals surface area contributed by atoms with Crippen LogP contribution in [0, 0.1) is 0 Å². The SMILES string of the molecule is O=C1CNC(C(=O)Nc2nc3ccccc3nc2Cl)CN1. The van der Waals surface area contributed by atoms with Gasteiger partial charge in [0.15, 0.2) is 11.0 Å². The molecule has 21 heavy (non-hydrogen) atoms. The number of benzene rings is 1. The van der Waals surface area contributed by atoms with E-state index in [2.05, 4.69) is 25.9 Å². The number of piperazine rings is 1. The van der Waals surface area contributed by atoms with Crippen LogP contribution in [0.25, 0.3) is 11.0 Å². The fraction of sp³-hybridized carbons (Fsp3) is 0.231. The highest BCUT2D eigenvalue weighted by Crippen LogP contribution is 2.21. The summed E-state index contributed by atoms with van der Waals surface area (Å²) in [5, 5.41) is 8.20. The summed E-state index contributed by atoms with van der Waals surface area (Å²) >= 11 is 6.03. The van der Waals surface area contributed by atoms with Crippen molar-refractivity contribution in [2.24, 2.45) is 0 Å². The van der Waals surface area contributed by atoms with Crippen molar-refractivity contribution in [2.75, 3.05) is 18.4 Å². The van der Waals surface area contributed by atoms with Crippen LogP contribution in [0.3, 0.4) is 0 Å². The van der Waals surface area contributed by atoms with Crippen molar-refractivity contribution in [1.82, 2.24) is 20.6 Å². The fourth-order valence-electron chi connectivity index (χ4n) is 2.01. The lowest BCUT2D eigenvalue weighted by Gasteiger charge is -2.23. The Morgan fingerprint density at radius 2 is 2.00 bits per heavy atom. The number of fused-ring (bicyclic) bond motifs is 1. The number of carbonyl (C=O) groups is 2. The summed E-state index contributed by atoms with van der Waals surface area (Å²) in [5.41, 5.74) is 1.30. The first-order chi connectivity index (χ1) is 10.1. The second-order valence-corrected chi connectivity index (χ2v) is 4.94. The first-order valence-corrected chi connectivity index (χ1v) is 6.74. The molecule has 1 aliphatic heterocycles. The van der Waals surface area contributed by atoms with E-state index < -0.39 is 6.04 Å². The van der Waals surface area contributed by atoms with Crippen molar-refractivity contribution < 1.29 is 9.59 Å². The number of aromatic nitrogens is 2. The molecule has 8 heteroatoms. The average Bonchev–Trinajstić information content (AvgIpc) is 2.48. The van der Waals surface area contributed by atoms with Gasteiger partial charge in [0.05, 0.1) is 17.6 Å². The Kier molecular flexibility index (Phi) is 3.68. The van der Waals surface area contributed by atoms with Gasteiger partial charge in [0, 0.05) is 6.54 Å². The smallest absolute Gasteiger partial charge is 0.244 e. The van der Waals surface area contributed by atoms with E-state index >= 15 is 0 Å². The quantitative estimate of drug-likeness (QED) is 0.742. The van der Waals surface area contributed by atoms with Gasteiger partial charge in [0.1, 0.15) is 6.04 Å². The molecular weight excluding hydrogens is 294 g/mol. The number of halogens is 1. The third kappa shape index (κ3) is 2.93. The molecule has 1 unspecified atom stereocenters. The standard InChI is InChI=1S/C13H12ClN5O2/c14-11-12(18-8-4-2-1-3-7(8)17-11)19-13(21)9-5-16-10(20)6-15-9/h1-4,9,15H,5-6H2,(H,16,20)(H,18,19,21). The van der Waals surface area contributed by atoms with Crippen LogP contribution in [-0.4, -0.2) is 40.9 Å². The summed E-state index contributed by atoms with van der Waals surface area (Å²) in [7, 11) is 0. The zero-order chi connectivity index (χ0) is 14.8. The van der Waals surface area contributed by atoms with Gasteiger partial charge in [-0.25, -0.2) is 9.97 Å². The third-order valence-electron chi connectivity index (χ3n) is 3.10. The third-order valence-corrected chi connectivity index (χ3v) is 3.36. The summed E-state index contributed by atoms with van der Waals surface area (Å²) < 4.78 is 0. The van der Waals surface area contributed by atoms with Crippen LogP contribution < -0.4 is 16.0 Å². The van der Waals surface area contributed by atoms with E-state index in [1.54, 1.807) is 12.1 Å². The lowest BCUT2D eigenvalue weighted by Crippen LogP contribution is -2.56. The number of carbonyl (C=O) groups excluding carboxylic acids is 2. The van der Waals surface area contributed by atoms with Gasteiger partial charge in [-0.2, -0.15) is 0 Å². The minimum atomic E-state index is -0.521. The lowest BCUT2D eigenvalue weighted by molar-refractivity contribution is -0.124. The molecule has 1 fully saturated rings. The van der Waals surface area contributed by atoms with Gasteiger partial charge in [0.2, 0.25) is 11.8 Å². The fourth-order valence-corrected chi connectivity index (χ4v) is 2.19. The average molecular weight is 306 g/mol. The molecule has 1 saturated heterocycles. The highest BCUT2D eigenvalue weighted by molar-refractivity contribution is 6.32. The molecule has 2 amide bonds. The number of amides is 2. The number of nitrogens with one attached hydrogen (secondary N) is 3. The maximum Gasteiger partial charge on any atom is 0.244 e. The molecule has 1 aromatic heterocycles. The summed E-state index contributed by atoms with van der Waals surface area (Å²) in [6, 6.07) is 6.72. The second-order valence-electron chi connectivity index (χ2n) is 4.58.